The molecule has 4 aliphatic rings. The molecular formula is C47H54ClN8O8PS. The molecule has 2 saturated heterocycles. The molecule has 348 valence electrons. The maximum absolute atomic E-state index is 14.1. The van der Waals surface area contributed by atoms with Crippen molar-refractivity contribution in [2.75, 3.05) is 88.2 Å². The first-order valence-electron chi connectivity index (χ1n) is 22.2. The van der Waals surface area contributed by atoms with E-state index in [2.05, 4.69) is 60.7 Å². The summed E-state index contributed by atoms with van der Waals surface area (Å²) in [6, 6.07) is 18.6. The summed E-state index contributed by atoms with van der Waals surface area (Å²) in [5, 5.41) is 17.0. The number of nitro benzene ring substituents is 1. The number of fused-ring (bicyclic) bond motifs is 2. The molecule has 0 unspecified atom stereocenters. The van der Waals surface area contributed by atoms with Gasteiger partial charge in [-0.15, -0.1) is 0 Å². The second kappa shape index (κ2) is 18.3. The Balaban J connectivity index is 0.930. The van der Waals surface area contributed by atoms with Crippen LogP contribution in [-0.4, -0.2) is 123 Å². The zero-order valence-corrected chi connectivity index (χ0v) is 39.7. The Morgan fingerprint density at radius 3 is 2.53 bits per heavy atom. The highest BCUT2D eigenvalue weighted by molar-refractivity contribution is 7.90. The van der Waals surface area contributed by atoms with Gasteiger partial charge in [0.25, 0.3) is 21.6 Å². The van der Waals surface area contributed by atoms with Gasteiger partial charge in [-0.25, -0.2) is 18.1 Å². The van der Waals surface area contributed by atoms with Gasteiger partial charge >= 0.3 is 0 Å². The van der Waals surface area contributed by atoms with Crippen molar-refractivity contribution in [3.8, 4) is 17.2 Å². The van der Waals surface area contributed by atoms with Crippen LogP contribution in [0.15, 0.2) is 89.6 Å². The molecule has 5 aromatic rings. The summed E-state index contributed by atoms with van der Waals surface area (Å²) in [6.45, 7) is 12.3. The molecule has 1 aliphatic carbocycles. The number of ether oxygens (including phenoxy) is 2. The van der Waals surface area contributed by atoms with Gasteiger partial charge in [0.2, 0.25) is 0 Å². The number of piperazine rings is 1. The number of pyridine rings is 1. The number of nitro groups is 1. The summed E-state index contributed by atoms with van der Waals surface area (Å²) < 4.78 is 54.8. The highest BCUT2D eigenvalue weighted by Crippen LogP contribution is 2.45. The normalized spacial score (nSPS) is 20.0. The largest absolute Gasteiger partial charge is 0.489 e. The molecule has 0 spiro atoms. The van der Waals surface area contributed by atoms with Crippen molar-refractivity contribution in [3.05, 3.63) is 111 Å². The highest BCUT2D eigenvalue weighted by atomic mass is 35.5. The third kappa shape index (κ3) is 10.2. The lowest BCUT2D eigenvalue weighted by atomic mass is 9.72. The van der Waals surface area contributed by atoms with Crippen molar-refractivity contribution >= 4 is 68.3 Å². The van der Waals surface area contributed by atoms with Gasteiger partial charge < -0.3 is 34.1 Å². The van der Waals surface area contributed by atoms with E-state index in [1.165, 1.54) is 35.0 Å². The number of hydrogen-bond acceptors (Lipinski definition) is 13. The molecule has 3 N–H and O–H groups in total. The van der Waals surface area contributed by atoms with Crippen LogP contribution in [0.2, 0.25) is 5.02 Å². The minimum Gasteiger partial charge on any atom is -0.489 e. The van der Waals surface area contributed by atoms with Gasteiger partial charge in [-0.05, 0) is 78.9 Å². The number of anilines is 2. The SMILES string of the molecule is CC1(C)CCC(CN2CCN(c3ccc(C(=O)NS(=O)(=O)c4cc5c(c([N+](=O)[O-])c4)N[C@H](CN4CCP(C)(=O)CC4)CO5)c(Oc4cnc5[nH]ccc5c4)c3)CC2)=C(c2ccc(Cl)cc2)C1. The first kappa shape index (κ1) is 45.7. The van der Waals surface area contributed by atoms with Crippen LogP contribution < -0.4 is 24.4 Å². The first-order valence-corrected chi connectivity index (χ1v) is 26.6. The minimum absolute atomic E-state index is 0.0208. The van der Waals surface area contributed by atoms with Crippen molar-refractivity contribution in [1.29, 1.82) is 0 Å². The molecule has 66 heavy (non-hydrogen) atoms. The Kier molecular flexibility index (Phi) is 12.7. The minimum atomic E-state index is -4.68. The van der Waals surface area contributed by atoms with E-state index >= 15 is 0 Å². The quantitative estimate of drug-likeness (QED) is 0.0615. The van der Waals surface area contributed by atoms with Crippen LogP contribution in [0.1, 0.15) is 49.0 Å². The van der Waals surface area contributed by atoms with E-state index in [9.17, 15) is 27.9 Å². The zero-order chi connectivity index (χ0) is 46.4. The lowest BCUT2D eigenvalue weighted by Crippen LogP contribution is -2.47. The molecule has 19 heteroatoms. The molecule has 1 atom stereocenters. The van der Waals surface area contributed by atoms with Crippen LogP contribution in [0, 0.1) is 15.5 Å². The van der Waals surface area contributed by atoms with Gasteiger partial charge in [0.1, 0.15) is 23.8 Å². The number of sulfonamides is 1. The molecule has 0 saturated carbocycles. The predicted molar refractivity (Wildman–Crippen MR) is 258 cm³/mol. The fourth-order valence-electron chi connectivity index (χ4n) is 9.31. The van der Waals surface area contributed by atoms with Gasteiger partial charge in [0.05, 0.1) is 34.8 Å². The number of aromatic nitrogens is 2. The third-order valence-electron chi connectivity index (χ3n) is 13.2. The van der Waals surface area contributed by atoms with E-state index < -0.39 is 38.6 Å². The molecule has 3 aromatic carbocycles. The number of carbonyl (C=O) groups is 1. The van der Waals surface area contributed by atoms with E-state index in [0.29, 0.717) is 56.4 Å². The summed E-state index contributed by atoms with van der Waals surface area (Å²) in [4.78, 5) is 39.6. The number of halogens is 1. The van der Waals surface area contributed by atoms with Gasteiger partial charge in [0, 0.05) is 105 Å². The van der Waals surface area contributed by atoms with Crippen LogP contribution in [0.3, 0.4) is 0 Å². The van der Waals surface area contributed by atoms with Crippen LogP contribution >= 0.6 is 18.7 Å². The molecule has 1 amide bonds. The van der Waals surface area contributed by atoms with Crippen molar-refractivity contribution in [2.24, 2.45) is 5.41 Å². The van der Waals surface area contributed by atoms with Crippen LogP contribution in [0.25, 0.3) is 16.6 Å². The van der Waals surface area contributed by atoms with Crippen molar-refractivity contribution < 1.29 is 32.2 Å². The third-order valence-corrected chi connectivity index (χ3v) is 17.0. The number of aromatic amines is 1. The second-order valence-electron chi connectivity index (χ2n) is 18.8. The van der Waals surface area contributed by atoms with Gasteiger partial charge in [0.15, 0.2) is 11.4 Å². The Morgan fingerprint density at radius 1 is 1.03 bits per heavy atom. The fourth-order valence-corrected chi connectivity index (χ4v) is 12.1. The summed E-state index contributed by atoms with van der Waals surface area (Å²) in [5.74, 6) is -0.574. The molecule has 2 fully saturated rings. The Labute approximate surface area is 389 Å². The van der Waals surface area contributed by atoms with E-state index in [4.69, 9.17) is 21.1 Å². The van der Waals surface area contributed by atoms with E-state index in [1.807, 2.05) is 24.9 Å². The molecule has 0 radical (unpaired) electrons. The number of carbonyl (C=O) groups excluding carboxylic acids is 1. The summed E-state index contributed by atoms with van der Waals surface area (Å²) >= 11 is 6.25. The average molecular weight is 957 g/mol. The number of allylic oxidation sites excluding steroid dienone is 1. The fraction of sp³-hybridized carbons (Fsp3) is 0.404. The summed E-state index contributed by atoms with van der Waals surface area (Å²) in [5.41, 5.74) is 5.21. The van der Waals surface area contributed by atoms with E-state index in [0.717, 1.165) is 61.1 Å². The maximum atomic E-state index is 14.1. The topological polar surface area (TPSA) is 192 Å². The number of nitrogens with zero attached hydrogens (tertiary/aromatic N) is 5. The lowest BCUT2D eigenvalue weighted by molar-refractivity contribution is -0.384. The van der Waals surface area contributed by atoms with Crippen molar-refractivity contribution in [3.63, 3.8) is 0 Å². The van der Waals surface area contributed by atoms with Crippen molar-refractivity contribution in [1.82, 2.24) is 24.5 Å². The number of H-pyrrole nitrogens is 1. The first-order chi connectivity index (χ1) is 31.5. The monoisotopic (exact) mass is 956 g/mol. The molecule has 5 heterocycles. The average Bonchev–Trinajstić information content (AvgIpc) is 3.76. The van der Waals surface area contributed by atoms with Gasteiger partial charge in [-0.2, -0.15) is 0 Å². The molecule has 0 bridgehead atoms. The van der Waals surface area contributed by atoms with Crippen LogP contribution in [0.4, 0.5) is 17.1 Å². The Bertz CT molecular complexity index is 2870. The Hall–Kier alpha value is -5.45. The maximum Gasteiger partial charge on any atom is 0.297 e. The Morgan fingerprint density at radius 2 is 1.79 bits per heavy atom. The zero-order valence-electron chi connectivity index (χ0n) is 37.2. The number of amides is 1. The molecular weight excluding hydrogens is 903 g/mol. The second-order valence-corrected chi connectivity index (χ2v) is 24.4. The molecule has 9 rings (SSSR count). The van der Waals surface area contributed by atoms with Crippen LogP contribution in [0.5, 0.6) is 17.2 Å². The number of benzene rings is 3. The standard InChI is InChI=1S/C47H54ClN8O8PS/c1-47(2)12-10-33(40(26-47)31-4-6-34(48)7-5-31)28-53-14-16-55(17-15-53)36-8-9-39(42(23-36)64-37-22-32-11-13-49-45(32)50-27-37)46(57)52-66(61,62)38-24-41(56(58)59)44-43(25-38)63-30-35(51-44)29-54-18-20-65(3,60)21-19-54/h4-9,11,13,22-25,27,35,51H,10,12,14-21,26,28-30H2,1-3H3,(H,49,50)(H,52,57)/t35-/m1/s1. The number of hydrogen-bond donors (Lipinski definition) is 3. The van der Waals surface area contributed by atoms with Crippen LogP contribution in [-0.2, 0) is 14.6 Å². The van der Waals surface area contributed by atoms with Crippen molar-refractivity contribution in [2.45, 2.75) is 44.0 Å². The summed E-state index contributed by atoms with van der Waals surface area (Å²) in [6.07, 6.45) is 7.64. The number of nitrogens with one attached hydrogen (secondary N) is 3. The van der Waals surface area contributed by atoms with E-state index in [1.54, 1.807) is 24.4 Å². The molecule has 3 aliphatic heterocycles. The van der Waals surface area contributed by atoms with Gasteiger partial charge in [-0.3, -0.25) is 19.8 Å². The molecule has 2 aromatic heterocycles. The number of rotatable bonds is 12. The lowest BCUT2D eigenvalue weighted by Gasteiger charge is -2.39. The van der Waals surface area contributed by atoms with Gasteiger partial charge in [-0.1, -0.05) is 43.2 Å². The smallest absolute Gasteiger partial charge is 0.297 e. The highest BCUT2D eigenvalue weighted by Gasteiger charge is 2.35. The molecule has 16 nitrogen and oxygen atoms in total. The predicted octanol–water partition coefficient (Wildman–Crippen LogP) is 8.30. The summed E-state index contributed by atoms with van der Waals surface area (Å²) in [7, 11) is -6.82. The van der Waals surface area contributed by atoms with E-state index in [-0.39, 0.29) is 40.8 Å².